The van der Waals surface area contributed by atoms with Crippen molar-refractivity contribution in [3.05, 3.63) is 22.6 Å². The maximum absolute atomic E-state index is 4.14. The first-order valence-corrected chi connectivity index (χ1v) is 5.85. The average Bonchev–Trinajstić information content (AvgIpc) is 2.70. The van der Waals surface area contributed by atoms with Crippen molar-refractivity contribution in [1.29, 1.82) is 0 Å². The molecule has 0 N–H and O–H groups in total. The SMILES string of the molecule is C/C=C(\SCC)C1=CC=NC1.CC. The molecule has 2 heteroatoms. The van der Waals surface area contributed by atoms with Crippen LogP contribution in [-0.4, -0.2) is 18.5 Å². The molecule has 0 radical (unpaired) electrons. The maximum Gasteiger partial charge on any atom is 0.0651 e. The third kappa shape index (κ3) is 4.32. The molecule has 0 aromatic carbocycles. The van der Waals surface area contributed by atoms with Gasteiger partial charge >= 0.3 is 0 Å². The van der Waals surface area contributed by atoms with Gasteiger partial charge in [0, 0.05) is 11.1 Å². The molecule has 0 unspecified atom stereocenters. The number of thioether (sulfide) groups is 1. The van der Waals surface area contributed by atoms with Crippen LogP contribution >= 0.6 is 11.8 Å². The summed E-state index contributed by atoms with van der Waals surface area (Å²) in [6.07, 6.45) is 6.14. The predicted molar refractivity (Wildman–Crippen MR) is 64.7 cm³/mol. The van der Waals surface area contributed by atoms with Gasteiger partial charge < -0.3 is 0 Å². The van der Waals surface area contributed by atoms with Crippen molar-refractivity contribution in [2.45, 2.75) is 27.7 Å². The van der Waals surface area contributed by atoms with Crippen LogP contribution in [0.2, 0.25) is 0 Å². The van der Waals surface area contributed by atoms with E-state index in [0.717, 1.165) is 12.3 Å². The summed E-state index contributed by atoms with van der Waals surface area (Å²) in [7, 11) is 0. The molecule has 0 aromatic heterocycles. The van der Waals surface area contributed by atoms with E-state index in [9.17, 15) is 0 Å². The van der Waals surface area contributed by atoms with Crippen LogP contribution in [0.4, 0.5) is 0 Å². The highest BCUT2D eigenvalue weighted by atomic mass is 32.2. The molecule has 0 amide bonds. The monoisotopic (exact) mass is 197 g/mol. The summed E-state index contributed by atoms with van der Waals surface area (Å²) >= 11 is 1.89. The zero-order chi connectivity index (χ0) is 10.1. The second kappa shape index (κ2) is 8.11. The van der Waals surface area contributed by atoms with Crippen LogP contribution in [0.25, 0.3) is 0 Å². The van der Waals surface area contributed by atoms with Gasteiger partial charge in [0.15, 0.2) is 0 Å². The van der Waals surface area contributed by atoms with Crippen molar-refractivity contribution >= 4 is 18.0 Å². The standard InChI is InChI=1S/C9H13NS.C2H6/c1-3-9(11-4-2)8-5-6-10-7-8;1-2/h3,5-6H,4,7H2,1-2H3;1-2H3/b9-3-;. The Morgan fingerprint density at radius 3 is 2.69 bits per heavy atom. The van der Waals surface area contributed by atoms with E-state index in [1.165, 1.54) is 10.5 Å². The number of aliphatic imine (C=N–C) groups is 1. The van der Waals surface area contributed by atoms with Crippen molar-refractivity contribution in [2.75, 3.05) is 12.3 Å². The fourth-order valence-electron chi connectivity index (χ4n) is 1.02. The topological polar surface area (TPSA) is 12.4 Å². The van der Waals surface area contributed by atoms with E-state index in [1.54, 1.807) is 0 Å². The molecule has 0 fully saturated rings. The molecule has 1 rings (SSSR count). The van der Waals surface area contributed by atoms with Gasteiger partial charge in [0.25, 0.3) is 0 Å². The van der Waals surface area contributed by atoms with Crippen LogP contribution in [0.3, 0.4) is 0 Å². The zero-order valence-electron chi connectivity index (χ0n) is 9.00. The van der Waals surface area contributed by atoms with Crippen molar-refractivity contribution in [1.82, 2.24) is 0 Å². The van der Waals surface area contributed by atoms with Crippen molar-refractivity contribution in [3.8, 4) is 0 Å². The third-order valence-corrected chi connectivity index (χ3v) is 2.62. The Bertz CT molecular complexity index is 214. The van der Waals surface area contributed by atoms with Crippen LogP contribution in [0.1, 0.15) is 27.7 Å². The van der Waals surface area contributed by atoms with Crippen molar-refractivity contribution in [2.24, 2.45) is 4.99 Å². The first kappa shape index (κ1) is 12.5. The summed E-state index contributed by atoms with van der Waals surface area (Å²) in [6.45, 7) is 9.12. The third-order valence-electron chi connectivity index (χ3n) is 1.52. The van der Waals surface area contributed by atoms with Gasteiger partial charge in [-0.3, -0.25) is 4.99 Å². The number of allylic oxidation sites excluding steroid dienone is 2. The Labute approximate surface area is 86.0 Å². The van der Waals surface area contributed by atoms with Gasteiger partial charge in [-0.1, -0.05) is 26.8 Å². The van der Waals surface area contributed by atoms with Gasteiger partial charge in [0.05, 0.1) is 6.54 Å². The van der Waals surface area contributed by atoms with E-state index >= 15 is 0 Å². The second-order valence-corrected chi connectivity index (χ2v) is 3.57. The number of hydrogen-bond donors (Lipinski definition) is 0. The Morgan fingerprint density at radius 2 is 2.31 bits per heavy atom. The number of nitrogens with zero attached hydrogens (tertiary/aromatic N) is 1. The second-order valence-electron chi connectivity index (χ2n) is 2.27. The summed E-state index contributed by atoms with van der Waals surface area (Å²) in [6, 6.07) is 0. The summed E-state index contributed by atoms with van der Waals surface area (Å²) in [4.78, 5) is 5.52. The predicted octanol–water partition coefficient (Wildman–Crippen LogP) is 3.68. The molecule has 0 saturated carbocycles. The zero-order valence-corrected chi connectivity index (χ0v) is 9.82. The van der Waals surface area contributed by atoms with Gasteiger partial charge in [0.1, 0.15) is 0 Å². The minimum atomic E-state index is 0.868. The Balaban J connectivity index is 0.000000671. The number of rotatable bonds is 3. The van der Waals surface area contributed by atoms with Crippen LogP contribution in [0, 0.1) is 0 Å². The summed E-state index contributed by atoms with van der Waals surface area (Å²) < 4.78 is 0. The molecule has 0 bridgehead atoms. The van der Waals surface area contributed by atoms with Crippen molar-refractivity contribution in [3.63, 3.8) is 0 Å². The lowest BCUT2D eigenvalue weighted by Crippen LogP contribution is -1.86. The van der Waals surface area contributed by atoms with Crippen LogP contribution in [0.5, 0.6) is 0 Å². The molecular weight excluding hydrogens is 178 g/mol. The Morgan fingerprint density at radius 1 is 1.62 bits per heavy atom. The molecule has 13 heavy (non-hydrogen) atoms. The molecule has 1 aliphatic heterocycles. The summed E-state index contributed by atoms with van der Waals surface area (Å²) in [5, 5.41) is 0. The highest BCUT2D eigenvalue weighted by Crippen LogP contribution is 2.24. The molecule has 0 atom stereocenters. The normalized spacial score (nSPS) is 15.1. The van der Waals surface area contributed by atoms with Gasteiger partial charge in [-0.25, -0.2) is 0 Å². The molecule has 1 nitrogen and oxygen atoms in total. The van der Waals surface area contributed by atoms with Gasteiger partial charge in [-0.05, 0) is 24.3 Å². The minimum Gasteiger partial charge on any atom is -0.288 e. The molecule has 1 heterocycles. The largest absolute Gasteiger partial charge is 0.288 e. The quantitative estimate of drug-likeness (QED) is 0.672. The molecule has 74 valence electrons. The van der Waals surface area contributed by atoms with E-state index < -0.39 is 0 Å². The molecular formula is C11H19NS. The summed E-state index contributed by atoms with van der Waals surface area (Å²) in [5.74, 6) is 1.14. The van der Waals surface area contributed by atoms with Crippen LogP contribution < -0.4 is 0 Å². The van der Waals surface area contributed by atoms with E-state index in [1.807, 2.05) is 31.8 Å². The molecule has 0 aliphatic carbocycles. The highest BCUT2D eigenvalue weighted by molar-refractivity contribution is 8.03. The minimum absolute atomic E-state index is 0.868. The molecule has 0 aromatic rings. The maximum atomic E-state index is 4.14. The van der Waals surface area contributed by atoms with E-state index in [-0.39, 0.29) is 0 Å². The fraction of sp³-hybridized carbons (Fsp3) is 0.545. The lowest BCUT2D eigenvalue weighted by Gasteiger charge is -2.03. The lowest BCUT2D eigenvalue weighted by atomic mass is 10.2. The van der Waals surface area contributed by atoms with E-state index in [2.05, 4.69) is 31.0 Å². The van der Waals surface area contributed by atoms with Crippen LogP contribution in [-0.2, 0) is 0 Å². The fourth-order valence-corrected chi connectivity index (χ4v) is 1.82. The van der Waals surface area contributed by atoms with Gasteiger partial charge in [-0.2, -0.15) is 0 Å². The first-order chi connectivity index (χ1) is 6.38. The highest BCUT2D eigenvalue weighted by Gasteiger charge is 2.04. The molecule has 0 spiro atoms. The molecule has 0 saturated heterocycles. The van der Waals surface area contributed by atoms with Gasteiger partial charge in [0.2, 0.25) is 0 Å². The van der Waals surface area contributed by atoms with Crippen molar-refractivity contribution < 1.29 is 0 Å². The Kier molecular flexibility index (Phi) is 7.80. The van der Waals surface area contributed by atoms with E-state index in [4.69, 9.17) is 0 Å². The van der Waals surface area contributed by atoms with Crippen LogP contribution in [0.15, 0.2) is 27.6 Å². The first-order valence-electron chi connectivity index (χ1n) is 4.87. The number of hydrogen-bond acceptors (Lipinski definition) is 2. The average molecular weight is 197 g/mol. The van der Waals surface area contributed by atoms with Gasteiger partial charge in [-0.15, -0.1) is 11.8 Å². The molecule has 1 aliphatic rings. The lowest BCUT2D eigenvalue weighted by molar-refractivity contribution is 1.22. The Hall–Kier alpha value is -0.500. The smallest absolute Gasteiger partial charge is 0.0651 e. The van der Waals surface area contributed by atoms with E-state index in [0.29, 0.717) is 0 Å². The summed E-state index contributed by atoms with van der Waals surface area (Å²) in [5.41, 5.74) is 1.36.